The SMILES string of the molecule is CCOc1cc(/C=N\n2c(=S)[nH]nc(C)c2=O)cc(Br)c1OC. The molecule has 0 saturated heterocycles. The Morgan fingerprint density at radius 2 is 2.26 bits per heavy atom. The molecular weight excluding hydrogens is 384 g/mol. The second kappa shape index (κ2) is 7.51. The van der Waals surface area contributed by atoms with Crippen molar-refractivity contribution in [3.63, 3.8) is 0 Å². The molecule has 2 aromatic rings. The fraction of sp³-hybridized carbons (Fsp3) is 0.286. The molecular formula is C14H15BrN4O3S. The third kappa shape index (κ3) is 3.85. The molecule has 0 spiro atoms. The van der Waals surface area contributed by atoms with E-state index < -0.39 is 0 Å². The Bertz CT molecular complexity index is 860. The summed E-state index contributed by atoms with van der Waals surface area (Å²) in [4.78, 5) is 12.0. The Kier molecular flexibility index (Phi) is 5.67. The lowest BCUT2D eigenvalue weighted by Crippen LogP contribution is -2.22. The molecule has 23 heavy (non-hydrogen) atoms. The van der Waals surface area contributed by atoms with Gasteiger partial charge in [-0.25, -0.2) is 0 Å². The van der Waals surface area contributed by atoms with Crippen LogP contribution in [0.3, 0.4) is 0 Å². The molecule has 0 radical (unpaired) electrons. The zero-order valence-corrected chi connectivity index (χ0v) is 15.2. The zero-order valence-electron chi connectivity index (χ0n) is 12.8. The first-order valence-electron chi connectivity index (χ1n) is 6.71. The van der Waals surface area contributed by atoms with Gasteiger partial charge in [0.2, 0.25) is 4.77 Å². The minimum atomic E-state index is -0.373. The van der Waals surface area contributed by atoms with Gasteiger partial charge in [0.05, 0.1) is 24.4 Å². The van der Waals surface area contributed by atoms with Crippen molar-refractivity contribution < 1.29 is 9.47 Å². The van der Waals surface area contributed by atoms with E-state index in [2.05, 4.69) is 31.2 Å². The first-order chi connectivity index (χ1) is 11.0. The number of hydrogen-bond donors (Lipinski definition) is 1. The van der Waals surface area contributed by atoms with E-state index in [-0.39, 0.29) is 16.0 Å². The van der Waals surface area contributed by atoms with Gasteiger partial charge in [-0.05, 0) is 59.7 Å². The van der Waals surface area contributed by atoms with Crippen molar-refractivity contribution in [1.29, 1.82) is 0 Å². The molecule has 2 rings (SSSR count). The van der Waals surface area contributed by atoms with Crippen LogP contribution in [0.25, 0.3) is 0 Å². The predicted octanol–water partition coefficient (Wildman–Crippen LogP) is 2.66. The predicted molar refractivity (Wildman–Crippen MR) is 93.3 cm³/mol. The molecule has 1 aromatic carbocycles. The molecule has 1 aromatic heterocycles. The summed E-state index contributed by atoms with van der Waals surface area (Å²) >= 11 is 8.45. The van der Waals surface area contributed by atoms with Crippen LogP contribution in [-0.4, -0.2) is 34.8 Å². The summed E-state index contributed by atoms with van der Waals surface area (Å²) in [6.07, 6.45) is 1.51. The van der Waals surface area contributed by atoms with Crippen molar-refractivity contribution in [2.45, 2.75) is 13.8 Å². The van der Waals surface area contributed by atoms with Crippen molar-refractivity contribution in [1.82, 2.24) is 14.9 Å². The molecule has 0 fully saturated rings. The Labute approximate surface area is 146 Å². The molecule has 7 nitrogen and oxygen atoms in total. The number of halogens is 1. The number of nitrogens with zero attached hydrogens (tertiary/aromatic N) is 3. The van der Waals surface area contributed by atoms with Crippen LogP contribution in [0, 0.1) is 11.7 Å². The Morgan fingerprint density at radius 1 is 1.52 bits per heavy atom. The number of nitrogens with one attached hydrogen (secondary N) is 1. The Morgan fingerprint density at radius 3 is 2.91 bits per heavy atom. The highest BCUT2D eigenvalue weighted by atomic mass is 79.9. The van der Waals surface area contributed by atoms with Crippen LogP contribution in [-0.2, 0) is 0 Å². The number of rotatable bonds is 5. The highest BCUT2D eigenvalue weighted by molar-refractivity contribution is 9.10. The second-order valence-corrected chi connectivity index (χ2v) is 5.68. The molecule has 0 aliphatic rings. The van der Waals surface area contributed by atoms with Gasteiger partial charge in [0.15, 0.2) is 11.5 Å². The minimum absolute atomic E-state index is 0.120. The molecule has 0 atom stereocenters. The van der Waals surface area contributed by atoms with Crippen LogP contribution in [0.5, 0.6) is 11.5 Å². The van der Waals surface area contributed by atoms with Crippen LogP contribution < -0.4 is 15.0 Å². The fourth-order valence-corrected chi connectivity index (χ4v) is 2.62. The summed E-state index contributed by atoms with van der Waals surface area (Å²) in [7, 11) is 1.56. The lowest BCUT2D eigenvalue weighted by molar-refractivity contribution is 0.310. The van der Waals surface area contributed by atoms with Crippen molar-refractivity contribution in [3.8, 4) is 11.5 Å². The van der Waals surface area contributed by atoms with Gasteiger partial charge < -0.3 is 9.47 Å². The molecule has 122 valence electrons. The Balaban J connectivity index is 2.47. The number of aromatic amines is 1. The van der Waals surface area contributed by atoms with Gasteiger partial charge in [0, 0.05) is 0 Å². The molecule has 1 heterocycles. The molecule has 0 aliphatic carbocycles. The topological polar surface area (TPSA) is 81.5 Å². The molecule has 0 saturated carbocycles. The number of aromatic nitrogens is 3. The van der Waals surface area contributed by atoms with Crippen LogP contribution in [0.1, 0.15) is 18.2 Å². The first kappa shape index (κ1) is 17.4. The summed E-state index contributed by atoms with van der Waals surface area (Å²) in [5.41, 5.74) is 0.626. The van der Waals surface area contributed by atoms with Gasteiger partial charge in [-0.1, -0.05) is 0 Å². The van der Waals surface area contributed by atoms with E-state index in [0.29, 0.717) is 18.1 Å². The largest absolute Gasteiger partial charge is 0.492 e. The third-order valence-electron chi connectivity index (χ3n) is 2.87. The zero-order chi connectivity index (χ0) is 17.0. The van der Waals surface area contributed by atoms with E-state index in [1.54, 1.807) is 26.2 Å². The van der Waals surface area contributed by atoms with E-state index >= 15 is 0 Å². The number of hydrogen-bond acceptors (Lipinski definition) is 6. The highest BCUT2D eigenvalue weighted by Crippen LogP contribution is 2.36. The normalized spacial score (nSPS) is 11.0. The van der Waals surface area contributed by atoms with Crippen LogP contribution in [0.2, 0.25) is 0 Å². The maximum atomic E-state index is 12.0. The second-order valence-electron chi connectivity index (χ2n) is 4.44. The summed E-state index contributed by atoms with van der Waals surface area (Å²) in [5, 5.41) is 10.5. The van der Waals surface area contributed by atoms with Gasteiger partial charge in [-0.2, -0.15) is 14.9 Å². The first-order valence-corrected chi connectivity index (χ1v) is 7.91. The lowest BCUT2D eigenvalue weighted by Gasteiger charge is -2.11. The van der Waals surface area contributed by atoms with E-state index in [9.17, 15) is 4.79 Å². The van der Waals surface area contributed by atoms with Crippen molar-refractivity contribution in [2.75, 3.05) is 13.7 Å². The van der Waals surface area contributed by atoms with Crippen LogP contribution >= 0.6 is 28.1 Å². The number of benzene rings is 1. The van der Waals surface area contributed by atoms with Crippen LogP contribution in [0.4, 0.5) is 0 Å². The summed E-state index contributed by atoms with van der Waals surface area (Å²) in [5.74, 6) is 1.17. The molecule has 1 N–H and O–H groups in total. The van der Waals surface area contributed by atoms with Gasteiger partial charge in [-0.15, -0.1) is 0 Å². The maximum Gasteiger partial charge on any atom is 0.296 e. The van der Waals surface area contributed by atoms with Crippen molar-refractivity contribution in [3.05, 3.63) is 43.0 Å². The quantitative estimate of drug-likeness (QED) is 0.618. The fourth-order valence-electron chi connectivity index (χ4n) is 1.83. The molecule has 9 heteroatoms. The lowest BCUT2D eigenvalue weighted by atomic mass is 10.2. The van der Waals surface area contributed by atoms with Gasteiger partial charge in [0.25, 0.3) is 5.56 Å². The van der Waals surface area contributed by atoms with E-state index in [0.717, 1.165) is 14.7 Å². The van der Waals surface area contributed by atoms with Crippen LogP contribution in [0.15, 0.2) is 26.5 Å². The highest BCUT2D eigenvalue weighted by Gasteiger charge is 2.10. The average Bonchev–Trinajstić information content (AvgIpc) is 2.51. The monoisotopic (exact) mass is 398 g/mol. The molecule has 0 unspecified atom stereocenters. The standard InChI is InChI=1S/C14H15BrN4O3S/c1-4-22-11-6-9(5-10(15)12(11)21-3)7-16-19-13(20)8(2)17-18-14(19)23/h5-7H,4H2,1-3H3,(H,18,23)/b16-7-. The number of methoxy groups -OCH3 is 1. The van der Waals surface area contributed by atoms with Crippen molar-refractivity contribution in [2.24, 2.45) is 5.10 Å². The minimum Gasteiger partial charge on any atom is -0.492 e. The summed E-state index contributed by atoms with van der Waals surface area (Å²) in [6.45, 7) is 3.96. The summed E-state index contributed by atoms with van der Waals surface area (Å²) < 4.78 is 12.8. The van der Waals surface area contributed by atoms with Gasteiger partial charge >= 0.3 is 0 Å². The average molecular weight is 399 g/mol. The van der Waals surface area contributed by atoms with E-state index in [4.69, 9.17) is 21.7 Å². The molecule has 0 bridgehead atoms. The Hall–Kier alpha value is -2.00. The smallest absolute Gasteiger partial charge is 0.296 e. The van der Waals surface area contributed by atoms with Gasteiger partial charge in [0.1, 0.15) is 5.69 Å². The van der Waals surface area contributed by atoms with Crippen molar-refractivity contribution >= 4 is 34.4 Å². The van der Waals surface area contributed by atoms with E-state index in [1.165, 1.54) is 6.21 Å². The third-order valence-corrected chi connectivity index (χ3v) is 3.72. The maximum absolute atomic E-state index is 12.0. The summed E-state index contributed by atoms with van der Waals surface area (Å²) in [6, 6.07) is 3.57. The number of aryl methyl sites for hydroxylation is 1. The van der Waals surface area contributed by atoms with E-state index in [1.807, 2.05) is 6.92 Å². The van der Waals surface area contributed by atoms with Gasteiger partial charge in [-0.3, -0.25) is 9.89 Å². The number of ether oxygens (including phenoxy) is 2. The molecule has 0 amide bonds. The molecule has 0 aliphatic heterocycles. The number of H-pyrrole nitrogens is 1.